The topological polar surface area (TPSA) is 42.1 Å². The van der Waals surface area contributed by atoms with E-state index in [4.69, 9.17) is 16.3 Å². The van der Waals surface area contributed by atoms with Gasteiger partial charge in [0.15, 0.2) is 5.43 Å². The fraction of sp³-hybridized carbons (Fsp3) is 0.0714. The van der Waals surface area contributed by atoms with E-state index in [2.05, 4.69) is 4.98 Å². The average molecular weight is 260 g/mol. The van der Waals surface area contributed by atoms with E-state index in [-0.39, 0.29) is 5.43 Å². The van der Waals surface area contributed by atoms with Crippen LogP contribution in [0.2, 0.25) is 5.02 Å². The van der Waals surface area contributed by atoms with Gasteiger partial charge in [0.1, 0.15) is 5.75 Å². The van der Waals surface area contributed by atoms with E-state index < -0.39 is 0 Å². The fourth-order valence-corrected chi connectivity index (χ4v) is 2.23. The lowest BCUT2D eigenvalue weighted by atomic mass is 10.1. The molecule has 3 aromatic rings. The minimum absolute atomic E-state index is 0.00179. The molecule has 0 saturated carbocycles. The van der Waals surface area contributed by atoms with Crippen molar-refractivity contribution >= 4 is 33.4 Å². The number of aromatic amines is 1. The largest absolute Gasteiger partial charge is 0.497 e. The minimum atomic E-state index is -0.00179. The quantitative estimate of drug-likeness (QED) is 0.681. The van der Waals surface area contributed by atoms with Crippen molar-refractivity contribution in [2.24, 2.45) is 0 Å². The Kier molecular flexibility index (Phi) is 2.49. The van der Waals surface area contributed by atoms with Gasteiger partial charge in [0, 0.05) is 21.9 Å². The van der Waals surface area contributed by atoms with Crippen molar-refractivity contribution in [3.63, 3.8) is 0 Å². The van der Waals surface area contributed by atoms with Gasteiger partial charge in [-0.2, -0.15) is 0 Å². The number of fused-ring (bicyclic) bond motifs is 2. The summed E-state index contributed by atoms with van der Waals surface area (Å²) >= 11 is 5.93. The molecule has 0 amide bonds. The highest BCUT2D eigenvalue weighted by Crippen LogP contribution is 2.21. The van der Waals surface area contributed by atoms with E-state index in [1.54, 1.807) is 43.5 Å². The highest BCUT2D eigenvalue weighted by Gasteiger charge is 2.06. The van der Waals surface area contributed by atoms with Crippen molar-refractivity contribution in [1.29, 1.82) is 0 Å². The first-order valence-electron chi connectivity index (χ1n) is 5.48. The zero-order chi connectivity index (χ0) is 12.7. The highest BCUT2D eigenvalue weighted by molar-refractivity contribution is 6.31. The van der Waals surface area contributed by atoms with Gasteiger partial charge < -0.3 is 9.72 Å². The Labute approximate surface area is 108 Å². The number of nitrogens with one attached hydrogen (secondary N) is 1. The summed E-state index contributed by atoms with van der Waals surface area (Å²) in [5.74, 6) is 0.708. The van der Waals surface area contributed by atoms with Crippen molar-refractivity contribution in [3.8, 4) is 5.75 Å². The van der Waals surface area contributed by atoms with Crippen LogP contribution in [-0.4, -0.2) is 12.1 Å². The lowest BCUT2D eigenvalue weighted by Gasteiger charge is -2.05. The number of halogens is 1. The number of rotatable bonds is 1. The van der Waals surface area contributed by atoms with Gasteiger partial charge in [-0.1, -0.05) is 11.6 Å². The first-order chi connectivity index (χ1) is 8.69. The molecule has 0 saturated heterocycles. The van der Waals surface area contributed by atoms with Crippen molar-refractivity contribution in [2.75, 3.05) is 7.11 Å². The molecule has 1 aromatic heterocycles. The first-order valence-corrected chi connectivity index (χ1v) is 5.86. The molecule has 0 spiro atoms. The van der Waals surface area contributed by atoms with E-state index in [0.717, 1.165) is 11.0 Å². The normalized spacial score (nSPS) is 11.0. The Morgan fingerprint density at radius 1 is 1.06 bits per heavy atom. The monoisotopic (exact) mass is 259 g/mol. The maximum absolute atomic E-state index is 12.3. The van der Waals surface area contributed by atoms with Crippen LogP contribution in [0.1, 0.15) is 0 Å². The van der Waals surface area contributed by atoms with Gasteiger partial charge >= 0.3 is 0 Å². The molecular weight excluding hydrogens is 250 g/mol. The second-order valence-corrected chi connectivity index (χ2v) is 4.49. The van der Waals surface area contributed by atoms with Crippen molar-refractivity contribution in [3.05, 3.63) is 51.6 Å². The fourth-order valence-electron chi connectivity index (χ4n) is 2.06. The Bertz CT molecular complexity index is 808. The van der Waals surface area contributed by atoms with Gasteiger partial charge in [0.2, 0.25) is 0 Å². The molecule has 3 nitrogen and oxygen atoms in total. The summed E-state index contributed by atoms with van der Waals surface area (Å²) in [4.78, 5) is 15.5. The van der Waals surface area contributed by atoms with Crippen LogP contribution >= 0.6 is 11.6 Å². The Balaban J connectivity index is 2.48. The zero-order valence-electron chi connectivity index (χ0n) is 9.66. The molecule has 0 unspecified atom stereocenters. The van der Waals surface area contributed by atoms with E-state index in [1.165, 1.54) is 0 Å². The van der Waals surface area contributed by atoms with Gasteiger partial charge in [0.05, 0.1) is 18.1 Å². The summed E-state index contributed by atoms with van der Waals surface area (Å²) in [7, 11) is 1.59. The summed E-state index contributed by atoms with van der Waals surface area (Å²) in [6.45, 7) is 0. The number of hydrogen-bond donors (Lipinski definition) is 1. The van der Waals surface area contributed by atoms with Crippen LogP contribution in [0.25, 0.3) is 21.8 Å². The highest BCUT2D eigenvalue weighted by atomic mass is 35.5. The van der Waals surface area contributed by atoms with E-state index in [1.807, 2.05) is 0 Å². The third kappa shape index (κ3) is 1.64. The maximum Gasteiger partial charge on any atom is 0.197 e. The molecule has 0 bridgehead atoms. The molecule has 90 valence electrons. The van der Waals surface area contributed by atoms with Gasteiger partial charge in [-0.15, -0.1) is 0 Å². The number of benzene rings is 2. The molecule has 0 fully saturated rings. The van der Waals surface area contributed by atoms with E-state index in [0.29, 0.717) is 21.5 Å². The van der Waals surface area contributed by atoms with Gasteiger partial charge in [0.25, 0.3) is 0 Å². The van der Waals surface area contributed by atoms with Crippen LogP contribution in [0.4, 0.5) is 0 Å². The van der Waals surface area contributed by atoms with Crippen molar-refractivity contribution in [2.45, 2.75) is 0 Å². The Morgan fingerprint density at radius 3 is 2.44 bits per heavy atom. The molecule has 0 aliphatic heterocycles. The average Bonchev–Trinajstić information content (AvgIpc) is 2.38. The zero-order valence-corrected chi connectivity index (χ0v) is 10.4. The molecule has 0 aliphatic carbocycles. The van der Waals surface area contributed by atoms with Crippen molar-refractivity contribution in [1.82, 2.24) is 4.98 Å². The Hall–Kier alpha value is -2.00. The molecular formula is C14H10ClNO2. The third-order valence-electron chi connectivity index (χ3n) is 2.97. The third-order valence-corrected chi connectivity index (χ3v) is 3.20. The molecule has 0 atom stereocenters. The summed E-state index contributed by atoms with van der Waals surface area (Å²) < 4.78 is 5.15. The lowest BCUT2D eigenvalue weighted by Crippen LogP contribution is -2.04. The SMILES string of the molecule is COc1ccc2c(=O)c3ccc(Cl)cc3[nH]c2c1. The summed E-state index contributed by atoms with van der Waals surface area (Å²) in [5.41, 5.74) is 1.47. The maximum atomic E-state index is 12.3. The molecule has 1 heterocycles. The molecule has 0 radical (unpaired) electrons. The number of aromatic nitrogens is 1. The van der Waals surface area contributed by atoms with Crippen molar-refractivity contribution < 1.29 is 4.74 Å². The molecule has 1 N–H and O–H groups in total. The number of pyridine rings is 1. The number of methoxy groups -OCH3 is 1. The van der Waals surface area contributed by atoms with Crippen LogP contribution in [-0.2, 0) is 0 Å². The molecule has 2 aromatic carbocycles. The predicted molar refractivity (Wildman–Crippen MR) is 73.6 cm³/mol. The van der Waals surface area contributed by atoms with Crippen LogP contribution in [0.5, 0.6) is 5.75 Å². The summed E-state index contributed by atoms with van der Waals surface area (Å²) in [5, 5.41) is 1.88. The van der Waals surface area contributed by atoms with E-state index in [9.17, 15) is 4.79 Å². The molecule has 18 heavy (non-hydrogen) atoms. The van der Waals surface area contributed by atoms with E-state index >= 15 is 0 Å². The standard InChI is InChI=1S/C14H10ClNO2/c1-18-9-3-5-11-13(7-9)16-12-6-8(15)2-4-10(12)14(11)17/h2-7H,1H3,(H,16,17). The second-order valence-electron chi connectivity index (χ2n) is 4.06. The lowest BCUT2D eigenvalue weighted by molar-refractivity contribution is 0.415. The van der Waals surface area contributed by atoms with Crippen LogP contribution < -0.4 is 10.2 Å². The first kappa shape index (κ1) is 11.1. The van der Waals surface area contributed by atoms with Gasteiger partial charge in [-0.3, -0.25) is 4.79 Å². The van der Waals surface area contributed by atoms with Gasteiger partial charge in [-0.25, -0.2) is 0 Å². The smallest absolute Gasteiger partial charge is 0.197 e. The number of hydrogen-bond acceptors (Lipinski definition) is 2. The predicted octanol–water partition coefficient (Wildman–Crippen LogP) is 3.34. The van der Waals surface area contributed by atoms with Crippen LogP contribution in [0.15, 0.2) is 41.2 Å². The van der Waals surface area contributed by atoms with Gasteiger partial charge in [-0.05, 0) is 30.3 Å². The number of ether oxygens (including phenoxy) is 1. The molecule has 3 rings (SSSR count). The summed E-state index contributed by atoms with van der Waals surface area (Å²) in [6, 6.07) is 10.5. The summed E-state index contributed by atoms with van der Waals surface area (Å²) in [6.07, 6.45) is 0. The second kappa shape index (κ2) is 4.03. The van der Waals surface area contributed by atoms with Crippen LogP contribution in [0.3, 0.4) is 0 Å². The minimum Gasteiger partial charge on any atom is -0.497 e. The molecule has 4 heteroatoms. The Morgan fingerprint density at radius 2 is 1.72 bits per heavy atom. The molecule has 0 aliphatic rings. The number of H-pyrrole nitrogens is 1. The van der Waals surface area contributed by atoms with Crippen LogP contribution in [0, 0.1) is 0 Å².